The Bertz CT molecular complexity index is 151. The molecule has 0 aliphatic carbocycles. The van der Waals surface area contributed by atoms with Crippen LogP contribution in [0.4, 0.5) is 0 Å². The Morgan fingerprint density at radius 3 is 2.71 bits per heavy atom. The number of nitrogens with zero attached hydrogens (tertiary/aromatic N) is 1. The lowest BCUT2D eigenvalue weighted by Crippen LogP contribution is -3.00. The lowest BCUT2D eigenvalue weighted by atomic mass is 11.0. The summed E-state index contributed by atoms with van der Waals surface area (Å²) in [5.41, 5.74) is -0.449. The Morgan fingerprint density at radius 1 is 1.86 bits per heavy atom. The zero-order valence-corrected chi connectivity index (χ0v) is 4.81. The molecular formula is C2H2BrN2O2-. The van der Waals surface area contributed by atoms with Gasteiger partial charge in [-0.3, -0.25) is 10.4 Å². The van der Waals surface area contributed by atoms with Crippen LogP contribution in [0.2, 0.25) is 0 Å². The third-order valence-corrected chi connectivity index (χ3v) is 0.371. The second-order valence-electron chi connectivity index (χ2n) is 0.775. The molecule has 0 spiro atoms. The Morgan fingerprint density at radius 2 is 2.57 bits per heavy atom. The first-order valence-corrected chi connectivity index (χ1v) is 1.39. The molecule has 0 aromatic carbocycles. The molecule has 0 unspecified atom stereocenters. The molecule has 40 valence electrons. The van der Waals surface area contributed by atoms with Gasteiger partial charge in [-0.15, -0.1) is 0 Å². The van der Waals surface area contributed by atoms with E-state index in [4.69, 9.17) is 0 Å². The maximum Gasteiger partial charge on any atom is 0.388 e. The van der Waals surface area contributed by atoms with Crippen LogP contribution in [0.25, 0.3) is 0 Å². The van der Waals surface area contributed by atoms with Crippen molar-refractivity contribution in [2.24, 2.45) is 0 Å². The van der Waals surface area contributed by atoms with Crippen LogP contribution in [0.1, 0.15) is 0 Å². The second kappa shape index (κ2) is 2.57. The van der Waals surface area contributed by atoms with Gasteiger partial charge in [-0.25, -0.2) is 4.79 Å². The first kappa shape index (κ1) is 6.42. The van der Waals surface area contributed by atoms with Gasteiger partial charge in [0.1, 0.15) is 0 Å². The quantitative estimate of drug-likeness (QED) is 0.389. The van der Waals surface area contributed by atoms with Crippen molar-refractivity contribution in [3.8, 4) is 0 Å². The minimum Gasteiger partial charge on any atom is -1.00 e. The summed E-state index contributed by atoms with van der Waals surface area (Å²) in [5, 5.41) is 5.21. The van der Waals surface area contributed by atoms with Gasteiger partial charge in [0.25, 0.3) is 0 Å². The average molecular weight is 166 g/mol. The summed E-state index contributed by atoms with van der Waals surface area (Å²) in [6.45, 7) is 0. The number of hydrogen-bond acceptors (Lipinski definition) is 2. The van der Waals surface area contributed by atoms with Crippen LogP contribution in [-0.2, 0) is 0 Å². The van der Waals surface area contributed by atoms with Gasteiger partial charge in [0.15, 0.2) is 0 Å². The van der Waals surface area contributed by atoms with Gasteiger partial charge in [0.2, 0.25) is 6.20 Å². The summed E-state index contributed by atoms with van der Waals surface area (Å²) >= 11 is 0. The Balaban J connectivity index is 0.000000360. The standard InChI is InChI=1S/C2H2N2O2.BrH/c5-2-1-3-4-6-2;/h1,3H;1H/p-1. The fourth-order valence-electron chi connectivity index (χ4n) is 0.177. The fraction of sp³-hybridized carbons (Fsp3) is 0. The summed E-state index contributed by atoms with van der Waals surface area (Å²) < 4.78 is 3.97. The number of H-pyrrole nitrogens is 1. The van der Waals surface area contributed by atoms with E-state index in [9.17, 15) is 4.79 Å². The Labute approximate surface area is 49.3 Å². The molecule has 0 fully saturated rings. The third-order valence-electron chi connectivity index (χ3n) is 0.371. The van der Waals surface area contributed by atoms with Crippen molar-refractivity contribution in [2.75, 3.05) is 0 Å². The molecule has 1 aromatic heterocycles. The van der Waals surface area contributed by atoms with Crippen molar-refractivity contribution in [3.63, 3.8) is 0 Å². The Hall–Kier alpha value is -0.580. The maximum absolute atomic E-state index is 9.81. The largest absolute Gasteiger partial charge is 1.00 e. The fourth-order valence-corrected chi connectivity index (χ4v) is 0.177. The molecule has 0 radical (unpaired) electrons. The molecule has 0 amide bonds. The smallest absolute Gasteiger partial charge is 0.388 e. The highest BCUT2D eigenvalue weighted by atomic mass is 79.9. The van der Waals surface area contributed by atoms with Crippen molar-refractivity contribution in [2.45, 2.75) is 0 Å². The molecule has 1 aromatic rings. The molecule has 0 aliphatic heterocycles. The predicted octanol–water partition coefficient (Wildman–Crippen LogP) is -4.58. The summed E-state index contributed by atoms with van der Waals surface area (Å²) in [7, 11) is 0. The maximum atomic E-state index is 9.81. The van der Waals surface area contributed by atoms with Crippen LogP contribution in [0, 0.1) is 0 Å². The monoisotopic (exact) mass is 165 g/mol. The Kier molecular flexibility index (Phi) is 2.36. The summed E-state index contributed by atoms with van der Waals surface area (Å²) in [6.07, 6.45) is 1.12. The van der Waals surface area contributed by atoms with E-state index >= 15 is 0 Å². The first-order chi connectivity index (χ1) is 2.89. The topological polar surface area (TPSA) is 58.5 Å². The van der Waals surface area contributed by atoms with E-state index in [0.29, 0.717) is 0 Å². The van der Waals surface area contributed by atoms with Crippen LogP contribution >= 0.6 is 0 Å². The molecule has 0 atom stereocenters. The van der Waals surface area contributed by atoms with E-state index in [1.54, 1.807) is 0 Å². The molecule has 1 heterocycles. The highest BCUT2D eigenvalue weighted by Crippen LogP contribution is 1.40. The molecule has 0 aliphatic rings. The van der Waals surface area contributed by atoms with Gasteiger partial charge < -0.3 is 21.5 Å². The van der Waals surface area contributed by atoms with E-state index < -0.39 is 5.63 Å². The van der Waals surface area contributed by atoms with Crippen molar-refractivity contribution in [3.05, 3.63) is 16.6 Å². The van der Waals surface area contributed by atoms with Crippen LogP contribution in [0.5, 0.6) is 0 Å². The highest BCUT2D eigenvalue weighted by Gasteiger charge is 1.74. The SMILES string of the molecule is O=c1c[nH+][n-]o1.[Br-]. The lowest BCUT2D eigenvalue weighted by Gasteiger charge is -1.63. The van der Waals surface area contributed by atoms with Crippen LogP contribution in [0.15, 0.2) is 15.5 Å². The first-order valence-electron chi connectivity index (χ1n) is 1.39. The minimum absolute atomic E-state index is 0. The lowest BCUT2D eigenvalue weighted by molar-refractivity contribution is -0.479. The molecule has 0 bridgehead atoms. The molecule has 5 heteroatoms. The predicted molar refractivity (Wildman–Crippen MR) is 14.9 cm³/mol. The summed E-state index contributed by atoms with van der Waals surface area (Å²) in [6, 6.07) is 0. The van der Waals surface area contributed by atoms with Crippen molar-refractivity contribution < 1.29 is 26.6 Å². The van der Waals surface area contributed by atoms with Gasteiger partial charge in [0, 0.05) is 0 Å². The van der Waals surface area contributed by atoms with Gasteiger partial charge in [-0.2, -0.15) is 0 Å². The van der Waals surface area contributed by atoms with E-state index in [1.165, 1.54) is 0 Å². The summed E-state index contributed by atoms with van der Waals surface area (Å²) in [5.74, 6) is 0. The van der Waals surface area contributed by atoms with Gasteiger partial charge in [-0.1, -0.05) is 0 Å². The van der Waals surface area contributed by atoms with E-state index in [0.717, 1.165) is 6.20 Å². The molecular weight excluding hydrogens is 164 g/mol. The number of halogens is 1. The van der Waals surface area contributed by atoms with Crippen LogP contribution < -0.4 is 33.0 Å². The van der Waals surface area contributed by atoms with Gasteiger partial charge in [0.05, 0.1) is 0 Å². The van der Waals surface area contributed by atoms with Crippen molar-refractivity contribution in [1.29, 1.82) is 0 Å². The van der Waals surface area contributed by atoms with Gasteiger partial charge in [-0.05, 0) is 0 Å². The molecule has 1 rings (SSSR count). The number of aromatic amines is 1. The average Bonchev–Trinajstić information content (AvgIpc) is 1.86. The number of hydrogen-bond donors (Lipinski definition) is 0. The normalized spacial score (nSPS) is 7.43. The number of nitrogens with one attached hydrogen (secondary N) is 1. The second-order valence-corrected chi connectivity index (χ2v) is 0.775. The third kappa shape index (κ3) is 1.54. The number of rotatable bonds is 0. The minimum atomic E-state index is -0.449. The highest BCUT2D eigenvalue weighted by molar-refractivity contribution is 4.46. The summed E-state index contributed by atoms with van der Waals surface area (Å²) in [4.78, 5) is 9.81. The van der Waals surface area contributed by atoms with Crippen molar-refractivity contribution in [1.82, 2.24) is 5.27 Å². The molecule has 4 nitrogen and oxygen atoms in total. The van der Waals surface area contributed by atoms with Crippen LogP contribution in [0.3, 0.4) is 0 Å². The molecule has 7 heavy (non-hydrogen) atoms. The van der Waals surface area contributed by atoms with Crippen molar-refractivity contribution >= 4 is 0 Å². The van der Waals surface area contributed by atoms with E-state index in [2.05, 4.69) is 14.9 Å². The van der Waals surface area contributed by atoms with E-state index in [1.807, 2.05) is 0 Å². The van der Waals surface area contributed by atoms with Crippen LogP contribution in [-0.4, -0.2) is 0 Å². The molecule has 0 saturated carbocycles. The number of aromatic nitrogens is 2. The van der Waals surface area contributed by atoms with Gasteiger partial charge >= 0.3 is 5.63 Å². The molecule has 1 N–H and O–H groups in total. The zero-order chi connectivity index (χ0) is 4.41. The molecule has 0 saturated heterocycles. The zero-order valence-electron chi connectivity index (χ0n) is 3.22. The van der Waals surface area contributed by atoms with E-state index in [-0.39, 0.29) is 17.0 Å².